The molecule has 11 heavy (non-hydrogen) atoms. The Morgan fingerprint density at radius 3 is 3.00 bits per heavy atom. The van der Waals surface area contributed by atoms with Crippen LogP contribution in [0.2, 0.25) is 5.02 Å². The Kier molecular flexibility index (Phi) is 2.37. The third kappa shape index (κ3) is 1.47. The SMILES string of the molecule is Cl.Clc1ccc2nccn2c1. The molecule has 2 aromatic heterocycles. The highest BCUT2D eigenvalue weighted by Gasteiger charge is 1.91. The number of rotatable bonds is 0. The molecule has 0 saturated heterocycles. The summed E-state index contributed by atoms with van der Waals surface area (Å²) in [6.07, 6.45) is 5.43. The first-order valence-electron chi connectivity index (χ1n) is 2.94. The molecular formula is C7H6Cl2N2. The summed E-state index contributed by atoms with van der Waals surface area (Å²) in [7, 11) is 0. The molecular weight excluding hydrogens is 183 g/mol. The van der Waals surface area contributed by atoms with Crippen molar-refractivity contribution in [3.05, 3.63) is 35.7 Å². The monoisotopic (exact) mass is 188 g/mol. The summed E-state index contributed by atoms with van der Waals surface area (Å²) in [6.45, 7) is 0. The molecule has 0 bridgehead atoms. The van der Waals surface area contributed by atoms with E-state index < -0.39 is 0 Å². The van der Waals surface area contributed by atoms with Gasteiger partial charge in [0.25, 0.3) is 0 Å². The highest BCUT2D eigenvalue weighted by Crippen LogP contribution is 2.08. The smallest absolute Gasteiger partial charge is 0.136 e. The van der Waals surface area contributed by atoms with E-state index in [1.54, 1.807) is 6.20 Å². The molecule has 2 nitrogen and oxygen atoms in total. The molecule has 0 spiro atoms. The van der Waals surface area contributed by atoms with Gasteiger partial charge in [-0.25, -0.2) is 4.98 Å². The highest BCUT2D eigenvalue weighted by molar-refractivity contribution is 6.30. The Bertz CT molecular complexity index is 356. The Labute approximate surface area is 75.2 Å². The minimum atomic E-state index is 0. The molecule has 0 N–H and O–H groups in total. The van der Waals surface area contributed by atoms with E-state index in [2.05, 4.69) is 4.98 Å². The van der Waals surface area contributed by atoms with Crippen molar-refractivity contribution >= 4 is 29.7 Å². The number of hydrogen-bond acceptors (Lipinski definition) is 1. The van der Waals surface area contributed by atoms with E-state index in [1.807, 2.05) is 28.9 Å². The normalized spacial score (nSPS) is 9.55. The lowest BCUT2D eigenvalue weighted by Gasteiger charge is -1.91. The molecule has 58 valence electrons. The fourth-order valence-electron chi connectivity index (χ4n) is 0.893. The number of imidazole rings is 1. The summed E-state index contributed by atoms with van der Waals surface area (Å²) in [4.78, 5) is 4.06. The van der Waals surface area contributed by atoms with Crippen molar-refractivity contribution in [2.24, 2.45) is 0 Å². The number of halogens is 2. The molecule has 0 amide bonds. The van der Waals surface area contributed by atoms with Crippen LogP contribution in [0.5, 0.6) is 0 Å². The third-order valence-corrected chi connectivity index (χ3v) is 1.58. The van der Waals surface area contributed by atoms with Crippen LogP contribution >= 0.6 is 24.0 Å². The van der Waals surface area contributed by atoms with Gasteiger partial charge in [-0.05, 0) is 12.1 Å². The first-order valence-corrected chi connectivity index (χ1v) is 3.32. The van der Waals surface area contributed by atoms with Crippen molar-refractivity contribution in [2.75, 3.05) is 0 Å². The van der Waals surface area contributed by atoms with Crippen LogP contribution in [-0.2, 0) is 0 Å². The van der Waals surface area contributed by atoms with E-state index in [0.29, 0.717) is 0 Å². The van der Waals surface area contributed by atoms with Crippen molar-refractivity contribution in [2.45, 2.75) is 0 Å². The van der Waals surface area contributed by atoms with E-state index in [4.69, 9.17) is 11.6 Å². The van der Waals surface area contributed by atoms with Crippen molar-refractivity contribution in [1.82, 2.24) is 9.38 Å². The molecule has 0 radical (unpaired) electrons. The van der Waals surface area contributed by atoms with E-state index in [0.717, 1.165) is 10.7 Å². The number of fused-ring (bicyclic) bond motifs is 1. The predicted octanol–water partition coefficient (Wildman–Crippen LogP) is 2.41. The molecule has 2 rings (SSSR count). The number of nitrogens with zero attached hydrogens (tertiary/aromatic N) is 2. The Hall–Kier alpha value is -0.730. The zero-order valence-corrected chi connectivity index (χ0v) is 7.14. The van der Waals surface area contributed by atoms with Gasteiger partial charge in [-0.2, -0.15) is 0 Å². The van der Waals surface area contributed by atoms with E-state index >= 15 is 0 Å². The number of aromatic nitrogens is 2. The van der Waals surface area contributed by atoms with Gasteiger partial charge in [0.15, 0.2) is 0 Å². The van der Waals surface area contributed by atoms with E-state index in [9.17, 15) is 0 Å². The summed E-state index contributed by atoms with van der Waals surface area (Å²) in [5, 5.41) is 0.727. The largest absolute Gasteiger partial charge is 0.306 e. The highest BCUT2D eigenvalue weighted by atomic mass is 35.5. The second-order valence-electron chi connectivity index (χ2n) is 2.04. The first kappa shape index (κ1) is 8.37. The van der Waals surface area contributed by atoms with E-state index in [-0.39, 0.29) is 12.4 Å². The lowest BCUT2D eigenvalue weighted by molar-refractivity contribution is 1.19. The zero-order chi connectivity index (χ0) is 6.97. The maximum atomic E-state index is 5.73. The van der Waals surface area contributed by atoms with Crippen LogP contribution < -0.4 is 0 Å². The Balaban J connectivity index is 0.000000605. The first-order chi connectivity index (χ1) is 4.86. The van der Waals surface area contributed by atoms with Crippen LogP contribution in [0.15, 0.2) is 30.7 Å². The predicted molar refractivity (Wildman–Crippen MR) is 47.5 cm³/mol. The van der Waals surface area contributed by atoms with Crippen LogP contribution in [0.1, 0.15) is 0 Å². The van der Waals surface area contributed by atoms with Crippen molar-refractivity contribution in [3.63, 3.8) is 0 Å². The maximum absolute atomic E-state index is 5.73. The summed E-state index contributed by atoms with van der Waals surface area (Å²) in [6, 6.07) is 3.70. The Morgan fingerprint density at radius 2 is 2.18 bits per heavy atom. The molecule has 0 aliphatic heterocycles. The van der Waals surface area contributed by atoms with Gasteiger partial charge >= 0.3 is 0 Å². The molecule has 0 fully saturated rings. The average molecular weight is 189 g/mol. The molecule has 0 atom stereocenters. The van der Waals surface area contributed by atoms with Gasteiger partial charge in [0.05, 0.1) is 5.02 Å². The average Bonchev–Trinajstić information content (AvgIpc) is 2.33. The molecule has 0 aromatic carbocycles. The van der Waals surface area contributed by atoms with Crippen molar-refractivity contribution < 1.29 is 0 Å². The van der Waals surface area contributed by atoms with Gasteiger partial charge in [0.2, 0.25) is 0 Å². The lowest BCUT2D eigenvalue weighted by atomic mass is 10.5. The maximum Gasteiger partial charge on any atom is 0.136 e. The van der Waals surface area contributed by atoms with Crippen LogP contribution in [0.25, 0.3) is 5.65 Å². The van der Waals surface area contributed by atoms with Crippen molar-refractivity contribution in [3.8, 4) is 0 Å². The molecule has 0 aliphatic carbocycles. The topological polar surface area (TPSA) is 17.3 Å². The van der Waals surface area contributed by atoms with Crippen LogP contribution in [0.4, 0.5) is 0 Å². The van der Waals surface area contributed by atoms with Gasteiger partial charge < -0.3 is 4.40 Å². The molecule has 0 aliphatic rings. The zero-order valence-electron chi connectivity index (χ0n) is 5.57. The second-order valence-corrected chi connectivity index (χ2v) is 2.48. The van der Waals surface area contributed by atoms with Crippen LogP contribution in [0, 0.1) is 0 Å². The summed E-state index contributed by atoms with van der Waals surface area (Å²) >= 11 is 5.73. The van der Waals surface area contributed by atoms with Crippen LogP contribution in [0.3, 0.4) is 0 Å². The lowest BCUT2D eigenvalue weighted by Crippen LogP contribution is -1.79. The third-order valence-electron chi connectivity index (χ3n) is 1.35. The van der Waals surface area contributed by atoms with E-state index in [1.165, 1.54) is 0 Å². The number of pyridine rings is 1. The van der Waals surface area contributed by atoms with Gasteiger partial charge in [-0.3, -0.25) is 0 Å². The summed E-state index contributed by atoms with van der Waals surface area (Å²) in [5.74, 6) is 0. The minimum absolute atomic E-state index is 0. The van der Waals surface area contributed by atoms with Gasteiger partial charge in [0, 0.05) is 18.6 Å². The van der Waals surface area contributed by atoms with Crippen LogP contribution in [-0.4, -0.2) is 9.38 Å². The fraction of sp³-hybridized carbons (Fsp3) is 0. The molecule has 4 heteroatoms. The molecule has 0 saturated carbocycles. The minimum Gasteiger partial charge on any atom is -0.306 e. The quantitative estimate of drug-likeness (QED) is 0.621. The second kappa shape index (κ2) is 3.11. The molecule has 2 heterocycles. The summed E-state index contributed by atoms with van der Waals surface area (Å²) < 4.78 is 1.88. The fourth-order valence-corrected chi connectivity index (χ4v) is 1.06. The molecule has 0 unspecified atom stereocenters. The summed E-state index contributed by atoms with van der Waals surface area (Å²) in [5.41, 5.74) is 0.921. The van der Waals surface area contributed by atoms with Gasteiger partial charge in [0.1, 0.15) is 5.65 Å². The Morgan fingerprint density at radius 1 is 1.36 bits per heavy atom. The number of hydrogen-bond donors (Lipinski definition) is 0. The molecule has 2 aromatic rings. The van der Waals surface area contributed by atoms with Gasteiger partial charge in [-0.1, -0.05) is 11.6 Å². The van der Waals surface area contributed by atoms with Gasteiger partial charge in [-0.15, -0.1) is 12.4 Å². The van der Waals surface area contributed by atoms with Crippen molar-refractivity contribution in [1.29, 1.82) is 0 Å². The standard InChI is InChI=1S/C7H5ClN2.ClH/c8-6-1-2-7-9-3-4-10(7)5-6;/h1-5H;1H.